The number of hydrogen-bond acceptors (Lipinski definition) is 9. The van der Waals surface area contributed by atoms with Crippen LogP contribution in [0.25, 0.3) is 6.08 Å². The van der Waals surface area contributed by atoms with Gasteiger partial charge in [0.2, 0.25) is 0 Å². The van der Waals surface area contributed by atoms with Crippen LogP contribution in [-0.2, 0) is 14.3 Å². The zero-order valence-corrected chi connectivity index (χ0v) is 24.5. The van der Waals surface area contributed by atoms with Gasteiger partial charge in [0.1, 0.15) is 11.5 Å². The highest BCUT2D eigenvalue weighted by Crippen LogP contribution is 2.20. The minimum absolute atomic E-state index is 0.0225. The first kappa shape index (κ1) is 34.5. The van der Waals surface area contributed by atoms with Crippen LogP contribution in [-0.4, -0.2) is 43.9 Å². The molecule has 0 aliphatic rings. The summed E-state index contributed by atoms with van der Waals surface area (Å²) in [5, 5.41) is 0. The SMILES string of the molecule is Nc1cc(N)cc(C(=O)OCCCCCCCCOC(=O)/C=C/c2ccc(OC(=O)c3ccc(OCC(F)(F)F)cc3)cc2)c1. The Morgan fingerprint density at radius 2 is 1.22 bits per heavy atom. The number of ether oxygens (including phenoxy) is 4. The zero-order chi connectivity index (χ0) is 32.7. The van der Waals surface area contributed by atoms with Crippen LogP contribution in [0.5, 0.6) is 11.5 Å². The Bertz CT molecular complexity index is 1420. The van der Waals surface area contributed by atoms with E-state index in [9.17, 15) is 27.6 Å². The van der Waals surface area contributed by atoms with E-state index in [0.717, 1.165) is 38.5 Å². The summed E-state index contributed by atoms with van der Waals surface area (Å²) in [5.41, 5.74) is 13.4. The Balaban J connectivity index is 1.24. The molecule has 0 saturated carbocycles. The Kier molecular flexibility index (Phi) is 13.3. The lowest BCUT2D eigenvalue weighted by molar-refractivity contribution is -0.153. The quantitative estimate of drug-likeness (QED) is 0.0578. The van der Waals surface area contributed by atoms with E-state index in [0.29, 0.717) is 35.7 Å². The smallest absolute Gasteiger partial charge is 0.422 e. The maximum Gasteiger partial charge on any atom is 0.422 e. The van der Waals surface area contributed by atoms with Gasteiger partial charge in [-0.3, -0.25) is 0 Å². The van der Waals surface area contributed by atoms with Gasteiger partial charge in [-0.15, -0.1) is 0 Å². The van der Waals surface area contributed by atoms with Crippen molar-refractivity contribution < 1.29 is 46.5 Å². The predicted octanol–water partition coefficient (Wildman–Crippen LogP) is 6.77. The maximum absolute atomic E-state index is 12.3. The van der Waals surface area contributed by atoms with Crippen LogP contribution >= 0.6 is 0 Å². The van der Waals surface area contributed by atoms with Crippen molar-refractivity contribution in [2.45, 2.75) is 44.7 Å². The monoisotopic (exact) mass is 628 g/mol. The van der Waals surface area contributed by atoms with Crippen molar-refractivity contribution in [1.82, 2.24) is 0 Å². The number of carbonyl (C=O) groups is 3. The fourth-order valence-electron chi connectivity index (χ4n) is 4.00. The van der Waals surface area contributed by atoms with Gasteiger partial charge >= 0.3 is 24.1 Å². The van der Waals surface area contributed by atoms with E-state index >= 15 is 0 Å². The van der Waals surface area contributed by atoms with Gasteiger partial charge in [-0.25, -0.2) is 14.4 Å². The van der Waals surface area contributed by atoms with Crippen LogP contribution in [0, 0.1) is 0 Å². The molecule has 0 saturated heterocycles. The Morgan fingerprint density at radius 3 is 1.82 bits per heavy atom. The summed E-state index contributed by atoms with van der Waals surface area (Å²) >= 11 is 0. The molecule has 0 aliphatic carbocycles. The van der Waals surface area contributed by atoms with Crippen molar-refractivity contribution in [1.29, 1.82) is 0 Å². The van der Waals surface area contributed by atoms with E-state index < -0.39 is 30.7 Å². The van der Waals surface area contributed by atoms with E-state index in [2.05, 4.69) is 4.74 Å². The summed E-state index contributed by atoms with van der Waals surface area (Å²) in [7, 11) is 0. The lowest BCUT2D eigenvalue weighted by Crippen LogP contribution is -2.19. The summed E-state index contributed by atoms with van der Waals surface area (Å²) in [4.78, 5) is 36.4. The van der Waals surface area contributed by atoms with Gasteiger partial charge in [-0.05, 0) is 79.1 Å². The lowest BCUT2D eigenvalue weighted by atomic mass is 10.1. The number of alkyl halides is 3. The molecule has 12 heteroatoms. The average Bonchev–Trinajstić information content (AvgIpc) is 3.00. The molecule has 9 nitrogen and oxygen atoms in total. The van der Waals surface area contributed by atoms with Crippen molar-refractivity contribution in [3.63, 3.8) is 0 Å². The van der Waals surface area contributed by atoms with Crippen LogP contribution < -0.4 is 20.9 Å². The van der Waals surface area contributed by atoms with Crippen molar-refractivity contribution in [2.75, 3.05) is 31.3 Å². The van der Waals surface area contributed by atoms with Crippen LogP contribution in [0.4, 0.5) is 24.5 Å². The molecule has 3 aromatic carbocycles. The minimum Gasteiger partial charge on any atom is -0.484 e. The van der Waals surface area contributed by atoms with Crippen LogP contribution in [0.2, 0.25) is 0 Å². The van der Waals surface area contributed by atoms with E-state index in [4.69, 9.17) is 25.7 Å². The molecule has 0 spiro atoms. The topological polar surface area (TPSA) is 140 Å². The van der Waals surface area contributed by atoms with Crippen LogP contribution in [0.1, 0.15) is 64.8 Å². The standard InChI is InChI=1S/C33H35F3N2O7/c34-33(35,36)22-44-28-14-10-24(11-15-28)32(41)45-29-12-7-23(8-13-29)9-16-30(39)42-17-5-3-1-2-4-6-18-43-31(40)25-19-26(37)21-27(38)20-25/h7-16,19-21H,1-6,17-18,22,37-38H2/b16-9+. The highest BCUT2D eigenvalue weighted by atomic mass is 19.4. The molecular formula is C33H35F3N2O7. The summed E-state index contributed by atoms with van der Waals surface area (Å²) in [6, 6.07) is 16.1. The Hall–Kier alpha value is -5.00. The number of esters is 3. The predicted molar refractivity (Wildman–Crippen MR) is 163 cm³/mol. The van der Waals surface area contributed by atoms with Gasteiger partial charge in [0.15, 0.2) is 6.61 Å². The van der Waals surface area contributed by atoms with Gasteiger partial charge in [-0.1, -0.05) is 37.8 Å². The zero-order valence-electron chi connectivity index (χ0n) is 24.5. The fourth-order valence-corrected chi connectivity index (χ4v) is 4.00. The second kappa shape index (κ2) is 17.3. The molecule has 0 heterocycles. The summed E-state index contributed by atoms with van der Waals surface area (Å²) < 4.78 is 57.1. The molecule has 0 bridgehead atoms. The molecule has 0 radical (unpaired) electrons. The van der Waals surface area contributed by atoms with Crippen molar-refractivity contribution in [3.05, 3.63) is 89.5 Å². The molecule has 4 N–H and O–H groups in total. The number of nitrogen functional groups attached to an aromatic ring is 2. The van der Waals surface area contributed by atoms with Crippen LogP contribution in [0.3, 0.4) is 0 Å². The normalized spacial score (nSPS) is 11.3. The number of halogens is 3. The lowest BCUT2D eigenvalue weighted by Gasteiger charge is -2.09. The number of nitrogens with two attached hydrogens (primary N) is 2. The maximum atomic E-state index is 12.3. The molecule has 0 aliphatic heterocycles. The Morgan fingerprint density at radius 1 is 0.667 bits per heavy atom. The third-order valence-corrected chi connectivity index (χ3v) is 6.22. The third kappa shape index (κ3) is 13.5. The summed E-state index contributed by atoms with van der Waals surface area (Å²) in [6.45, 7) is -0.812. The number of rotatable bonds is 16. The molecule has 3 aromatic rings. The van der Waals surface area contributed by atoms with Crippen LogP contribution in [0.15, 0.2) is 72.8 Å². The van der Waals surface area contributed by atoms with Gasteiger partial charge in [0, 0.05) is 17.5 Å². The Labute approximate surface area is 258 Å². The summed E-state index contributed by atoms with van der Waals surface area (Å²) in [5.74, 6) is -1.39. The fraction of sp³-hybridized carbons (Fsp3) is 0.303. The molecular weight excluding hydrogens is 593 g/mol. The number of carbonyl (C=O) groups excluding carboxylic acids is 3. The second-order valence-corrected chi connectivity index (χ2v) is 10.0. The second-order valence-electron chi connectivity index (χ2n) is 10.0. The van der Waals surface area contributed by atoms with Gasteiger partial charge in [0.05, 0.1) is 24.3 Å². The van der Waals surface area contributed by atoms with Crippen molar-refractivity contribution >= 4 is 35.4 Å². The third-order valence-electron chi connectivity index (χ3n) is 6.22. The number of benzene rings is 3. The molecule has 240 valence electrons. The number of unbranched alkanes of at least 4 members (excludes halogenated alkanes) is 5. The average molecular weight is 629 g/mol. The molecule has 0 unspecified atom stereocenters. The number of hydrogen-bond donors (Lipinski definition) is 2. The van der Waals surface area contributed by atoms with Crippen molar-refractivity contribution in [2.24, 2.45) is 0 Å². The van der Waals surface area contributed by atoms with E-state index in [1.165, 1.54) is 42.5 Å². The largest absolute Gasteiger partial charge is 0.484 e. The van der Waals surface area contributed by atoms with Gasteiger partial charge in [-0.2, -0.15) is 13.2 Å². The first-order valence-corrected chi connectivity index (χ1v) is 14.3. The molecule has 0 amide bonds. The highest BCUT2D eigenvalue weighted by Gasteiger charge is 2.28. The van der Waals surface area contributed by atoms with E-state index in [-0.39, 0.29) is 17.1 Å². The molecule has 0 aromatic heterocycles. The number of anilines is 2. The summed E-state index contributed by atoms with van der Waals surface area (Å²) in [6.07, 6.45) is 3.63. The molecule has 45 heavy (non-hydrogen) atoms. The van der Waals surface area contributed by atoms with Gasteiger partial charge in [0.25, 0.3) is 0 Å². The minimum atomic E-state index is -4.46. The molecule has 3 rings (SSSR count). The highest BCUT2D eigenvalue weighted by molar-refractivity contribution is 5.92. The van der Waals surface area contributed by atoms with Crippen molar-refractivity contribution in [3.8, 4) is 11.5 Å². The molecule has 0 fully saturated rings. The first-order chi connectivity index (χ1) is 21.5. The van der Waals surface area contributed by atoms with E-state index in [1.54, 1.807) is 36.4 Å². The van der Waals surface area contributed by atoms with Gasteiger partial charge < -0.3 is 30.4 Å². The first-order valence-electron chi connectivity index (χ1n) is 14.3. The van der Waals surface area contributed by atoms with E-state index in [1.807, 2.05) is 0 Å². The molecule has 0 atom stereocenters.